The summed E-state index contributed by atoms with van der Waals surface area (Å²) in [5.41, 5.74) is 3.72. The number of nitrogens with zero attached hydrogens (tertiary/aromatic N) is 2. The van der Waals surface area contributed by atoms with E-state index < -0.39 is 23.3 Å². The minimum absolute atomic E-state index is 0. The molecule has 1 aliphatic rings. The van der Waals surface area contributed by atoms with Crippen molar-refractivity contribution in [3.8, 4) is 0 Å². The predicted octanol–water partition coefficient (Wildman–Crippen LogP) is -4.83. The van der Waals surface area contributed by atoms with Crippen molar-refractivity contribution >= 4 is 23.5 Å². The number of carbonyl (C=O) groups excluding carboxylic acids is 1. The second-order valence-electron chi connectivity index (χ2n) is 3.12. The number of carboxylic acid groups (broad SMARTS) is 1. The monoisotopic (exact) mass is 265 g/mol. The molecule has 1 aromatic heterocycles. The van der Waals surface area contributed by atoms with Gasteiger partial charge in [-0.25, -0.2) is 4.79 Å². The van der Waals surface area contributed by atoms with Crippen molar-refractivity contribution in [3.63, 3.8) is 0 Å². The molecule has 17 heavy (non-hydrogen) atoms. The zero-order chi connectivity index (χ0) is 11.7. The molecule has 1 fully saturated rings. The van der Waals surface area contributed by atoms with Crippen molar-refractivity contribution in [2.45, 2.75) is 11.7 Å². The Bertz CT molecular complexity index is 480. The Morgan fingerprint density at radius 2 is 2.41 bits per heavy atom. The van der Waals surface area contributed by atoms with Crippen LogP contribution in [0, 0.1) is 0 Å². The minimum atomic E-state index is -1.30. The van der Waals surface area contributed by atoms with E-state index in [4.69, 9.17) is 10.5 Å². The number of carboxylic acids is 1. The third kappa shape index (κ3) is 3.23. The molecule has 1 aliphatic heterocycles. The maximum Gasteiger partial charge on any atom is 1.00 e. The van der Waals surface area contributed by atoms with Crippen LogP contribution >= 0.6 is 11.8 Å². The Labute approximate surface area is 123 Å². The average Bonchev–Trinajstić information content (AvgIpc) is 2.66. The van der Waals surface area contributed by atoms with E-state index in [9.17, 15) is 14.7 Å². The van der Waals surface area contributed by atoms with Crippen molar-refractivity contribution in [1.29, 1.82) is 0 Å². The molecule has 0 spiro atoms. The van der Waals surface area contributed by atoms with Crippen LogP contribution in [0.25, 0.3) is 0 Å². The van der Waals surface area contributed by atoms with Crippen molar-refractivity contribution in [1.82, 2.24) is 9.55 Å². The van der Waals surface area contributed by atoms with Crippen molar-refractivity contribution in [2.24, 2.45) is 0 Å². The Kier molecular flexibility index (Phi) is 5.02. The molecular formula is C8H8N3NaO4S. The van der Waals surface area contributed by atoms with Gasteiger partial charge in [0.15, 0.2) is 0 Å². The molecule has 0 radical (unpaired) electrons. The molecule has 7 nitrogen and oxygen atoms in total. The molecule has 2 N–H and O–H groups in total. The maximum atomic E-state index is 11.4. The second kappa shape index (κ2) is 5.87. The molecule has 0 bridgehead atoms. The van der Waals surface area contributed by atoms with Gasteiger partial charge in [0.25, 0.3) is 0 Å². The van der Waals surface area contributed by atoms with Gasteiger partial charge < -0.3 is 20.4 Å². The van der Waals surface area contributed by atoms with E-state index in [1.54, 1.807) is 0 Å². The Balaban J connectivity index is 0.00000144. The van der Waals surface area contributed by atoms with Gasteiger partial charge in [-0.15, -0.1) is 11.8 Å². The maximum absolute atomic E-state index is 11.4. The van der Waals surface area contributed by atoms with Gasteiger partial charge in [-0.3, -0.25) is 4.57 Å². The van der Waals surface area contributed by atoms with Crippen LogP contribution in [-0.4, -0.2) is 26.7 Å². The number of thioether (sulfide) groups is 1. The first-order chi connectivity index (χ1) is 7.58. The Hall–Kier alpha value is -0.540. The molecule has 9 heteroatoms. The quantitative estimate of drug-likeness (QED) is 0.534. The second-order valence-corrected chi connectivity index (χ2v) is 4.21. The van der Waals surface area contributed by atoms with Gasteiger partial charge in [0, 0.05) is 11.9 Å². The fourth-order valence-corrected chi connectivity index (χ4v) is 2.23. The van der Waals surface area contributed by atoms with Crippen molar-refractivity contribution in [3.05, 3.63) is 22.7 Å². The Morgan fingerprint density at radius 3 is 2.94 bits per heavy atom. The van der Waals surface area contributed by atoms with E-state index >= 15 is 0 Å². The van der Waals surface area contributed by atoms with E-state index in [1.807, 2.05) is 0 Å². The van der Waals surface area contributed by atoms with Gasteiger partial charge >= 0.3 is 35.2 Å². The first-order valence-electron chi connectivity index (χ1n) is 4.40. The summed E-state index contributed by atoms with van der Waals surface area (Å²) in [6.45, 7) is 0. The smallest absolute Gasteiger partial charge is 0.546 e. The van der Waals surface area contributed by atoms with Gasteiger partial charge in [0.2, 0.25) is 0 Å². The molecule has 0 saturated carbocycles. The summed E-state index contributed by atoms with van der Waals surface area (Å²) in [5, 5.41) is 10.5. The van der Waals surface area contributed by atoms with E-state index in [-0.39, 0.29) is 35.4 Å². The van der Waals surface area contributed by atoms with Crippen LogP contribution in [0.15, 0.2) is 17.1 Å². The normalized spacial score (nSPS) is 23.1. The van der Waals surface area contributed by atoms with Crippen LogP contribution in [0.3, 0.4) is 0 Å². The van der Waals surface area contributed by atoms with Gasteiger partial charge in [0.05, 0.1) is 5.97 Å². The zero-order valence-electron chi connectivity index (χ0n) is 9.03. The third-order valence-electron chi connectivity index (χ3n) is 2.03. The fraction of sp³-hybridized carbons (Fsp3) is 0.375. The molecule has 0 aliphatic carbocycles. The van der Waals surface area contributed by atoms with Crippen LogP contribution in [0.1, 0.15) is 6.23 Å². The van der Waals surface area contributed by atoms with E-state index in [2.05, 4.69) is 4.98 Å². The number of anilines is 1. The number of hydrogen-bond donors (Lipinski definition) is 1. The van der Waals surface area contributed by atoms with Crippen molar-refractivity contribution in [2.75, 3.05) is 11.5 Å². The predicted molar refractivity (Wildman–Crippen MR) is 54.3 cm³/mol. The molecule has 0 aromatic carbocycles. The summed E-state index contributed by atoms with van der Waals surface area (Å²) < 4.78 is 6.31. The van der Waals surface area contributed by atoms with E-state index in [0.717, 1.165) is 11.8 Å². The number of rotatable bonds is 2. The summed E-state index contributed by atoms with van der Waals surface area (Å²) in [4.78, 5) is 25.5. The first kappa shape index (κ1) is 14.5. The summed E-state index contributed by atoms with van der Waals surface area (Å²) in [7, 11) is 0. The summed E-state index contributed by atoms with van der Waals surface area (Å²) >= 11 is 1.06. The van der Waals surface area contributed by atoms with Crippen LogP contribution < -0.4 is 46.1 Å². The molecule has 2 atom stereocenters. The van der Waals surface area contributed by atoms with Crippen LogP contribution in [0.2, 0.25) is 0 Å². The molecule has 1 saturated heterocycles. The van der Waals surface area contributed by atoms with Gasteiger partial charge in [-0.1, -0.05) is 0 Å². The molecule has 86 valence electrons. The molecule has 2 heterocycles. The topological polar surface area (TPSA) is 110 Å². The number of ether oxygens (including phenoxy) is 1. The third-order valence-corrected chi connectivity index (χ3v) is 3.11. The molecule has 0 amide bonds. The van der Waals surface area contributed by atoms with Gasteiger partial charge in [0.1, 0.15) is 17.5 Å². The van der Waals surface area contributed by atoms with Crippen LogP contribution in [0.5, 0.6) is 0 Å². The number of nitrogen functional groups attached to an aromatic ring is 1. The standard InChI is InChI=1S/C8H9N3O4S.Na/c9-4-1-2-11(8(14)10-4)5-3-16-7(15-5)6(12)13;/h1-2,5,7H,3H2,(H,12,13)(H2,9,10,14);/q;+1/p-1/t5-,7+;/m0./s1. The van der Waals surface area contributed by atoms with Gasteiger partial charge in [-0.05, 0) is 6.07 Å². The molecule has 1 aromatic rings. The molecule has 2 rings (SSSR count). The Morgan fingerprint density at radius 1 is 1.71 bits per heavy atom. The van der Waals surface area contributed by atoms with E-state index in [1.165, 1.54) is 16.8 Å². The van der Waals surface area contributed by atoms with Crippen molar-refractivity contribution < 1.29 is 44.2 Å². The minimum Gasteiger partial charge on any atom is -0.546 e. The number of nitrogens with two attached hydrogens (primary N) is 1. The number of hydrogen-bond acceptors (Lipinski definition) is 7. The average molecular weight is 265 g/mol. The van der Waals surface area contributed by atoms with Crippen LogP contribution in [0.4, 0.5) is 5.82 Å². The van der Waals surface area contributed by atoms with Gasteiger partial charge in [-0.2, -0.15) is 4.98 Å². The number of aliphatic carboxylic acids is 1. The molecular weight excluding hydrogens is 257 g/mol. The largest absolute Gasteiger partial charge is 1.00 e. The number of carbonyl (C=O) groups is 1. The van der Waals surface area contributed by atoms with E-state index in [0.29, 0.717) is 5.75 Å². The first-order valence-corrected chi connectivity index (χ1v) is 5.45. The molecule has 0 unspecified atom stereocenters. The SMILES string of the molecule is Nc1ccn([C@@H]2CS[C@H](C(=O)[O-])O2)c(=O)n1.[Na+]. The number of aromatic nitrogens is 2. The fourth-order valence-electron chi connectivity index (χ4n) is 1.31. The summed E-state index contributed by atoms with van der Waals surface area (Å²) in [5.74, 6) is -0.836. The zero-order valence-corrected chi connectivity index (χ0v) is 11.8. The summed E-state index contributed by atoms with van der Waals surface area (Å²) in [6, 6.07) is 1.45. The summed E-state index contributed by atoms with van der Waals surface area (Å²) in [6.07, 6.45) is 0.779. The van der Waals surface area contributed by atoms with Crippen LogP contribution in [-0.2, 0) is 9.53 Å².